The van der Waals surface area contributed by atoms with E-state index in [1.807, 2.05) is 24.0 Å². The molecule has 1 amide bonds. The molecule has 0 saturated heterocycles. The van der Waals surface area contributed by atoms with Crippen molar-refractivity contribution in [2.75, 3.05) is 6.54 Å². The summed E-state index contributed by atoms with van der Waals surface area (Å²) in [4.78, 5) is 14.3. The van der Waals surface area contributed by atoms with Gasteiger partial charge in [-0.1, -0.05) is 19.1 Å². The standard InChI is InChI=1S/C15H17N3O2/c1-3-8-18-14(10-4-6-11(19)7-5-10)12-9(2)16-17-13(12)15(18)20/h4-7,14,19H,3,8H2,1-2H3,(H,16,17). The van der Waals surface area contributed by atoms with E-state index in [0.717, 1.165) is 23.2 Å². The van der Waals surface area contributed by atoms with E-state index in [9.17, 15) is 9.90 Å². The van der Waals surface area contributed by atoms with Gasteiger partial charge in [-0.15, -0.1) is 0 Å². The summed E-state index contributed by atoms with van der Waals surface area (Å²) in [6, 6.07) is 6.90. The van der Waals surface area contributed by atoms with Crippen LogP contribution in [0.4, 0.5) is 0 Å². The van der Waals surface area contributed by atoms with Crippen molar-refractivity contribution in [3.8, 4) is 5.75 Å². The maximum atomic E-state index is 12.4. The Morgan fingerprint density at radius 3 is 2.70 bits per heavy atom. The third-order valence-electron chi connectivity index (χ3n) is 3.72. The quantitative estimate of drug-likeness (QED) is 0.900. The van der Waals surface area contributed by atoms with E-state index in [2.05, 4.69) is 17.1 Å². The van der Waals surface area contributed by atoms with E-state index in [1.165, 1.54) is 0 Å². The second kappa shape index (κ2) is 4.67. The van der Waals surface area contributed by atoms with Gasteiger partial charge < -0.3 is 10.0 Å². The van der Waals surface area contributed by atoms with Gasteiger partial charge in [0.1, 0.15) is 5.75 Å². The molecule has 0 radical (unpaired) electrons. The molecule has 5 heteroatoms. The van der Waals surface area contributed by atoms with Crippen molar-refractivity contribution in [3.63, 3.8) is 0 Å². The van der Waals surface area contributed by atoms with Crippen LogP contribution in [-0.4, -0.2) is 32.7 Å². The van der Waals surface area contributed by atoms with Crippen LogP contribution < -0.4 is 0 Å². The lowest BCUT2D eigenvalue weighted by molar-refractivity contribution is 0.0743. The largest absolute Gasteiger partial charge is 0.508 e. The lowest BCUT2D eigenvalue weighted by Crippen LogP contribution is -2.30. The van der Waals surface area contributed by atoms with E-state index in [4.69, 9.17) is 0 Å². The maximum Gasteiger partial charge on any atom is 0.275 e. The number of aromatic nitrogens is 2. The first-order chi connectivity index (χ1) is 9.63. The van der Waals surface area contributed by atoms with Gasteiger partial charge in [0.2, 0.25) is 0 Å². The summed E-state index contributed by atoms with van der Waals surface area (Å²) < 4.78 is 0. The first-order valence-electron chi connectivity index (χ1n) is 6.78. The normalized spacial score (nSPS) is 17.6. The van der Waals surface area contributed by atoms with E-state index >= 15 is 0 Å². The van der Waals surface area contributed by atoms with Gasteiger partial charge in [-0.3, -0.25) is 9.89 Å². The number of hydrogen-bond acceptors (Lipinski definition) is 3. The highest BCUT2D eigenvalue weighted by molar-refractivity contribution is 5.98. The summed E-state index contributed by atoms with van der Waals surface area (Å²) in [5.74, 6) is 0.202. The van der Waals surface area contributed by atoms with Gasteiger partial charge in [-0.25, -0.2) is 0 Å². The highest BCUT2D eigenvalue weighted by Crippen LogP contribution is 2.39. The Hall–Kier alpha value is -2.30. The number of nitrogens with zero attached hydrogens (tertiary/aromatic N) is 2. The van der Waals surface area contributed by atoms with Crippen LogP contribution in [0.5, 0.6) is 5.75 Å². The third-order valence-corrected chi connectivity index (χ3v) is 3.72. The number of benzene rings is 1. The van der Waals surface area contributed by atoms with Gasteiger partial charge in [0, 0.05) is 17.8 Å². The van der Waals surface area contributed by atoms with Gasteiger partial charge in [0.15, 0.2) is 5.69 Å². The monoisotopic (exact) mass is 271 g/mol. The zero-order valence-electron chi connectivity index (χ0n) is 11.6. The van der Waals surface area contributed by atoms with Crippen molar-refractivity contribution < 1.29 is 9.90 Å². The molecule has 1 aromatic carbocycles. The smallest absolute Gasteiger partial charge is 0.275 e. The summed E-state index contributed by atoms with van der Waals surface area (Å²) in [5, 5.41) is 16.5. The van der Waals surface area contributed by atoms with Crippen molar-refractivity contribution >= 4 is 5.91 Å². The molecule has 2 aromatic rings. The van der Waals surface area contributed by atoms with E-state index in [1.54, 1.807) is 12.1 Å². The molecular formula is C15H17N3O2. The molecule has 2 N–H and O–H groups in total. The Bertz CT molecular complexity index is 646. The van der Waals surface area contributed by atoms with Crippen molar-refractivity contribution in [2.24, 2.45) is 0 Å². The number of phenols is 1. The predicted molar refractivity (Wildman–Crippen MR) is 74.6 cm³/mol. The van der Waals surface area contributed by atoms with Gasteiger partial charge in [0.05, 0.1) is 6.04 Å². The van der Waals surface area contributed by atoms with Crippen LogP contribution in [0.1, 0.15) is 46.7 Å². The first kappa shape index (κ1) is 12.7. The number of nitrogens with one attached hydrogen (secondary N) is 1. The molecule has 1 unspecified atom stereocenters. The lowest BCUT2D eigenvalue weighted by atomic mass is 9.99. The Morgan fingerprint density at radius 1 is 1.35 bits per heavy atom. The fourth-order valence-electron chi connectivity index (χ4n) is 2.82. The molecule has 20 heavy (non-hydrogen) atoms. The number of amides is 1. The maximum absolute atomic E-state index is 12.4. The van der Waals surface area contributed by atoms with E-state index in [0.29, 0.717) is 12.2 Å². The molecule has 1 atom stereocenters. The summed E-state index contributed by atoms with van der Waals surface area (Å²) >= 11 is 0. The minimum atomic E-state index is -0.114. The number of fused-ring (bicyclic) bond motifs is 1. The predicted octanol–water partition coefficient (Wildman–Crippen LogP) is 2.38. The summed E-state index contributed by atoms with van der Waals surface area (Å²) in [6.07, 6.45) is 0.896. The summed E-state index contributed by atoms with van der Waals surface area (Å²) in [7, 11) is 0. The van der Waals surface area contributed by atoms with E-state index in [-0.39, 0.29) is 17.7 Å². The first-order valence-corrected chi connectivity index (χ1v) is 6.78. The molecule has 0 aliphatic carbocycles. The molecule has 2 heterocycles. The van der Waals surface area contributed by atoms with Crippen molar-refractivity contribution in [1.82, 2.24) is 15.1 Å². The molecule has 1 aromatic heterocycles. The average molecular weight is 271 g/mol. The Balaban J connectivity index is 2.11. The Kier molecular flexibility index (Phi) is 2.97. The number of hydrogen-bond donors (Lipinski definition) is 2. The molecule has 1 aliphatic rings. The van der Waals surface area contributed by atoms with Gasteiger partial charge >= 0.3 is 0 Å². The van der Waals surface area contributed by atoms with Crippen LogP contribution in [0, 0.1) is 6.92 Å². The van der Waals surface area contributed by atoms with Gasteiger partial charge in [0.25, 0.3) is 5.91 Å². The summed E-state index contributed by atoms with van der Waals surface area (Å²) in [6.45, 7) is 4.68. The van der Waals surface area contributed by atoms with Crippen LogP contribution in [0.25, 0.3) is 0 Å². The highest BCUT2D eigenvalue weighted by atomic mass is 16.3. The van der Waals surface area contributed by atoms with Crippen molar-refractivity contribution in [2.45, 2.75) is 26.3 Å². The highest BCUT2D eigenvalue weighted by Gasteiger charge is 2.40. The fourth-order valence-corrected chi connectivity index (χ4v) is 2.82. The van der Waals surface area contributed by atoms with Crippen LogP contribution in [-0.2, 0) is 0 Å². The Morgan fingerprint density at radius 2 is 2.05 bits per heavy atom. The summed E-state index contributed by atoms with van der Waals surface area (Å²) in [5.41, 5.74) is 3.39. The number of aromatic amines is 1. The molecule has 0 fully saturated rings. The third kappa shape index (κ3) is 1.78. The van der Waals surface area contributed by atoms with Crippen LogP contribution >= 0.6 is 0 Å². The SMILES string of the molecule is CCCN1C(=O)c2n[nH]c(C)c2C1c1ccc(O)cc1. The average Bonchev–Trinajstić information content (AvgIpc) is 2.93. The number of aryl methyl sites for hydroxylation is 1. The Labute approximate surface area is 117 Å². The van der Waals surface area contributed by atoms with Gasteiger partial charge in [-0.05, 0) is 31.0 Å². The van der Waals surface area contributed by atoms with Crippen molar-refractivity contribution in [3.05, 3.63) is 46.8 Å². The molecule has 0 saturated carbocycles. The lowest BCUT2D eigenvalue weighted by Gasteiger charge is -2.25. The topological polar surface area (TPSA) is 69.2 Å². The molecule has 1 aliphatic heterocycles. The molecule has 3 rings (SSSR count). The number of carbonyl (C=O) groups excluding carboxylic acids is 1. The number of phenolic OH excluding ortho intramolecular Hbond substituents is 1. The molecule has 0 spiro atoms. The van der Waals surface area contributed by atoms with Crippen LogP contribution in [0.3, 0.4) is 0 Å². The number of carbonyl (C=O) groups is 1. The minimum absolute atomic E-state index is 0.0238. The number of aromatic hydroxyl groups is 1. The second-order valence-electron chi connectivity index (χ2n) is 5.10. The van der Waals surface area contributed by atoms with Crippen LogP contribution in [0.15, 0.2) is 24.3 Å². The number of rotatable bonds is 3. The fraction of sp³-hybridized carbons (Fsp3) is 0.333. The molecule has 104 valence electrons. The van der Waals surface area contributed by atoms with Crippen molar-refractivity contribution in [1.29, 1.82) is 0 Å². The number of H-pyrrole nitrogens is 1. The minimum Gasteiger partial charge on any atom is -0.508 e. The molecule has 5 nitrogen and oxygen atoms in total. The zero-order valence-corrected chi connectivity index (χ0v) is 11.6. The zero-order chi connectivity index (χ0) is 14.3. The molecular weight excluding hydrogens is 254 g/mol. The van der Waals surface area contributed by atoms with Gasteiger partial charge in [-0.2, -0.15) is 5.10 Å². The second-order valence-corrected chi connectivity index (χ2v) is 5.10. The van der Waals surface area contributed by atoms with Crippen LogP contribution in [0.2, 0.25) is 0 Å². The molecule has 0 bridgehead atoms. The van der Waals surface area contributed by atoms with E-state index < -0.39 is 0 Å².